The van der Waals surface area contributed by atoms with Crippen molar-refractivity contribution < 1.29 is 13.9 Å². The SMILES string of the molecule is C#CC1(O)CCC2C3CCC4CC(F)(F)CCC4(C)C3CCC21C. The topological polar surface area (TPSA) is 20.2 Å². The molecule has 0 heterocycles. The number of aliphatic hydroxyl groups is 1. The van der Waals surface area contributed by atoms with Gasteiger partial charge in [-0.1, -0.05) is 19.8 Å². The van der Waals surface area contributed by atoms with Crippen LogP contribution in [0.5, 0.6) is 0 Å². The van der Waals surface area contributed by atoms with Gasteiger partial charge >= 0.3 is 0 Å². The first-order valence-electron chi connectivity index (χ1n) is 9.73. The molecule has 4 aliphatic rings. The van der Waals surface area contributed by atoms with E-state index in [1.807, 2.05) is 0 Å². The summed E-state index contributed by atoms with van der Waals surface area (Å²) in [7, 11) is 0. The lowest BCUT2D eigenvalue weighted by atomic mass is 9.44. The molecule has 4 saturated carbocycles. The van der Waals surface area contributed by atoms with Gasteiger partial charge < -0.3 is 5.11 Å². The van der Waals surface area contributed by atoms with Crippen molar-refractivity contribution in [2.45, 2.75) is 83.2 Å². The second-order valence-corrected chi connectivity index (χ2v) is 9.72. The fraction of sp³-hybridized carbons (Fsp3) is 0.905. The highest BCUT2D eigenvalue weighted by Gasteiger charge is 2.65. The number of alkyl halides is 2. The van der Waals surface area contributed by atoms with Crippen LogP contribution in [0.3, 0.4) is 0 Å². The zero-order valence-electron chi connectivity index (χ0n) is 15.0. The van der Waals surface area contributed by atoms with Crippen molar-refractivity contribution in [3.63, 3.8) is 0 Å². The molecule has 3 heteroatoms. The van der Waals surface area contributed by atoms with E-state index in [2.05, 4.69) is 19.8 Å². The summed E-state index contributed by atoms with van der Waals surface area (Å²) in [6, 6.07) is 0. The summed E-state index contributed by atoms with van der Waals surface area (Å²) in [6.07, 6.45) is 12.2. The molecule has 4 rings (SSSR count). The number of rotatable bonds is 0. The Morgan fingerprint density at radius 3 is 2.38 bits per heavy atom. The molecular weight excluding hydrogens is 306 g/mol. The van der Waals surface area contributed by atoms with Crippen LogP contribution < -0.4 is 0 Å². The first kappa shape index (κ1) is 16.8. The highest BCUT2D eigenvalue weighted by molar-refractivity contribution is 5.23. The summed E-state index contributed by atoms with van der Waals surface area (Å²) in [5.41, 5.74) is -1.10. The van der Waals surface area contributed by atoms with E-state index >= 15 is 0 Å². The van der Waals surface area contributed by atoms with Gasteiger partial charge in [0, 0.05) is 18.3 Å². The van der Waals surface area contributed by atoms with Gasteiger partial charge in [0.05, 0.1) is 0 Å². The Bertz CT molecular complexity index is 581. The van der Waals surface area contributed by atoms with Gasteiger partial charge in [-0.05, 0) is 74.0 Å². The lowest BCUT2D eigenvalue weighted by Gasteiger charge is -2.61. The molecule has 4 aliphatic carbocycles. The minimum Gasteiger partial charge on any atom is -0.377 e. The Hall–Kier alpha value is -0.620. The second kappa shape index (κ2) is 4.97. The van der Waals surface area contributed by atoms with E-state index in [0.717, 1.165) is 32.1 Å². The van der Waals surface area contributed by atoms with Crippen molar-refractivity contribution in [3.05, 3.63) is 0 Å². The maximum absolute atomic E-state index is 13.9. The lowest BCUT2D eigenvalue weighted by molar-refractivity contribution is -0.171. The highest BCUT2D eigenvalue weighted by atomic mass is 19.3. The summed E-state index contributed by atoms with van der Waals surface area (Å²) in [6.45, 7) is 4.47. The van der Waals surface area contributed by atoms with E-state index in [1.165, 1.54) is 0 Å². The van der Waals surface area contributed by atoms with Gasteiger partial charge in [0.25, 0.3) is 0 Å². The zero-order chi connectivity index (χ0) is 17.4. The molecule has 0 amide bonds. The summed E-state index contributed by atoms with van der Waals surface area (Å²) in [5, 5.41) is 11.0. The molecule has 7 unspecified atom stereocenters. The van der Waals surface area contributed by atoms with Crippen molar-refractivity contribution in [2.75, 3.05) is 0 Å². The van der Waals surface area contributed by atoms with Crippen molar-refractivity contribution in [3.8, 4) is 12.3 Å². The number of hydrogen-bond donors (Lipinski definition) is 1. The van der Waals surface area contributed by atoms with Gasteiger partial charge in [-0.25, -0.2) is 8.78 Å². The fourth-order valence-electron chi connectivity index (χ4n) is 7.43. The van der Waals surface area contributed by atoms with Gasteiger partial charge in [0.15, 0.2) is 0 Å². The van der Waals surface area contributed by atoms with E-state index in [-0.39, 0.29) is 29.6 Å². The Morgan fingerprint density at radius 2 is 1.67 bits per heavy atom. The molecule has 4 fully saturated rings. The van der Waals surface area contributed by atoms with Crippen LogP contribution >= 0.6 is 0 Å². The standard InChI is InChI=1S/C21H30F2O/c1-4-20(24)10-8-17-15-6-5-14-13-21(22,23)12-11-18(14,2)16(15)7-9-19(17,20)3/h1,14-17,24H,5-13H2,2-3H3. The third-order valence-electron chi connectivity index (χ3n) is 9.03. The Kier molecular flexibility index (Phi) is 3.48. The largest absolute Gasteiger partial charge is 0.377 e. The van der Waals surface area contributed by atoms with Crippen molar-refractivity contribution in [1.29, 1.82) is 0 Å². The first-order valence-corrected chi connectivity index (χ1v) is 9.73. The summed E-state index contributed by atoms with van der Waals surface area (Å²) in [4.78, 5) is 0. The van der Waals surface area contributed by atoms with Gasteiger partial charge in [-0.15, -0.1) is 6.42 Å². The summed E-state index contributed by atoms with van der Waals surface area (Å²) >= 11 is 0. The average molecular weight is 336 g/mol. The second-order valence-electron chi connectivity index (χ2n) is 9.72. The number of fused-ring (bicyclic) bond motifs is 5. The van der Waals surface area contributed by atoms with Gasteiger partial charge in [-0.2, -0.15) is 0 Å². The van der Waals surface area contributed by atoms with E-state index in [4.69, 9.17) is 6.42 Å². The molecule has 134 valence electrons. The predicted molar refractivity (Wildman–Crippen MR) is 90.5 cm³/mol. The minimum absolute atomic E-state index is 0.0550. The molecule has 0 saturated heterocycles. The van der Waals surface area contributed by atoms with Crippen LogP contribution in [0.4, 0.5) is 8.78 Å². The van der Waals surface area contributed by atoms with Crippen LogP contribution in [0, 0.1) is 46.8 Å². The minimum atomic E-state index is -2.46. The van der Waals surface area contributed by atoms with Gasteiger partial charge in [0.1, 0.15) is 5.60 Å². The summed E-state index contributed by atoms with van der Waals surface area (Å²) in [5.74, 6) is 1.96. The quantitative estimate of drug-likeness (QED) is 0.615. The van der Waals surface area contributed by atoms with Crippen LogP contribution in [-0.2, 0) is 0 Å². The molecule has 24 heavy (non-hydrogen) atoms. The zero-order valence-corrected chi connectivity index (χ0v) is 15.0. The van der Waals surface area contributed by atoms with Crippen LogP contribution in [0.1, 0.15) is 71.6 Å². The van der Waals surface area contributed by atoms with Gasteiger partial charge in [0.2, 0.25) is 5.92 Å². The summed E-state index contributed by atoms with van der Waals surface area (Å²) < 4.78 is 27.9. The Morgan fingerprint density at radius 1 is 0.958 bits per heavy atom. The van der Waals surface area contributed by atoms with Crippen LogP contribution in [0.2, 0.25) is 0 Å². The normalized spacial score (nSPS) is 55.8. The Balaban J connectivity index is 1.64. The maximum atomic E-state index is 13.9. The molecule has 0 spiro atoms. The molecule has 0 aromatic carbocycles. The van der Waals surface area contributed by atoms with Crippen molar-refractivity contribution in [2.24, 2.45) is 34.5 Å². The molecule has 1 N–H and O–H groups in total. The molecule has 0 aromatic rings. The molecule has 0 aliphatic heterocycles. The van der Waals surface area contributed by atoms with Gasteiger partial charge in [-0.3, -0.25) is 0 Å². The monoisotopic (exact) mass is 336 g/mol. The van der Waals surface area contributed by atoms with E-state index in [0.29, 0.717) is 30.6 Å². The predicted octanol–water partition coefficient (Wildman–Crippen LogP) is 5.03. The van der Waals surface area contributed by atoms with E-state index in [1.54, 1.807) is 0 Å². The van der Waals surface area contributed by atoms with Crippen LogP contribution in [0.25, 0.3) is 0 Å². The van der Waals surface area contributed by atoms with Crippen LogP contribution in [0.15, 0.2) is 0 Å². The van der Waals surface area contributed by atoms with E-state index < -0.39 is 11.5 Å². The number of terminal acetylenes is 1. The molecule has 0 aromatic heterocycles. The van der Waals surface area contributed by atoms with Crippen molar-refractivity contribution in [1.82, 2.24) is 0 Å². The smallest absolute Gasteiger partial charge is 0.248 e. The average Bonchev–Trinajstić information content (AvgIpc) is 2.80. The van der Waals surface area contributed by atoms with Crippen LogP contribution in [-0.4, -0.2) is 16.6 Å². The van der Waals surface area contributed by atoms with Crippen molar-refractivity contribution >= 4 is 0 Å². The first-order chi connectivity index (χ1) is 11.2. The number of halogens is 2. The molecule has 7 atom stereocenters. The molecule has 0 radical (unpaired) electrons. The maximum Gasteiger partial charge on any atom is 0.248 e. The molecule has 0 bridgehead atoms. The lowest BCUT2D eigenvalue weighted by Crippen LogP contribution is -2.57. The third kappa shape index (κ3) is 2.02. The highest BCUT2D eigenvalue weighted by Crippen LogP contribution is 2.68. The molecular formula is C21H30F2O. The fourth-order valence-corrected chi connectivity index (χ4v) is 7.43. The third-order valence-corrected chi connectivity index (χ3v) is 9.03. The Labute approximate surface area is 144 Å². The van der Waals surface area contributed by atoms with E-state index in [9.17, 15) is 13.9 Å². The molecule has 1 nitrogen and oxygen atoms in total. The number of hydrogen-bond acceptors (Lipinski definition) is 1.